The van der Waals surface area contributed by atoms with Crippen molar-refractivity contribution >= 4 is 12.4 Å². The van der Waals surface area contributed by atoms with E-state index >= 15 is 0 Å². The molecule has 0 spiro atoms. The van der Waals surface area contributed by atoms with Gasteiger partial charge in [-0.05, 0) is 51.2 Å². The molecule has 1 unspecified atom stereocenters. The Balaban J connectivity index is 0.00000161. The molecule has 2 aliphatic heterocycles. The van der Waals surface area contributed by atoms with Crippen LogP contribution in [0.1, 0.15) is 44.8 Å². The zero-order valence-electron chi connectivity index (χ0n) is 13.3. The van der Waals surface area contributed by atoms with Gasteiger partial charge in [-0.2, -0.15) is 4.98 Å². The summed E-state index contributed by atoms with van der Waals surface area (Å²) >= 11 is 0. The summed E-state index contributed by atoms with van der Waals surface area (Å²) in [6.45, 7) is 12.4. The molecule has 1 atom stereocenters. The molecule has 6 heteroatoms. The SMILES string of the molecule is Cc1noc(C2(C)CCN(CC3(C)CCNC3)CC2)n1.Cl. The van der Waals surface area contributed by atoms with Crippen LogP contribution in [-0.2, 0) is 5.41 Å². The van der Waals surface area contributed by atoms with Gasteiger partial charge in [-0.3, -0.25) is 0 Å². The van der Waals surface area contributed by atoms with Crippen LogP contribution >= 0.6 is 12.4 Å². The van der Waals surface area contributed by atoms with E-state index in [1.54, 1.807) is 0 Å². The molecule has 1 aromatic rings. The summed E-state index contributed by atoms with van der Waals surface area (Å²) in [6.07, 6.45) is 3.51. The van der Waals surface area contributed by atoms with E-state index in [0.717, 1.165) is 44.2 Å². The third-order valence-electron chi connectivity index (χ3n) is 5.07. The smallest absolute Gasteiger partial charge is 0.232 e. The predicted molar refractivity (Wildman–Crippen MR) is 84.9 cm³/mol. The van der Waals surface area contributed by atoms with Crippen LogP contribution in [-0.4, -0.2) is 47.8 Å². The highest BCUT2D eigenvalue weighted by Gasteiger charge is 2.38. The Bertz CT molecular complexity index is 462. The zero-order chi connectivity index (χ0) is 14.2. The van der Waals surface area contributed by atoms with Crippen LogP contribution in [0, 0.1) is 12.3 Å². The maximum atomic E-state index is 5.41. The molecule has 2 saturated heterocycles. The van der Waals surface area contributed by atoms with Crippen LogP contribution in [0.3, 0.4) is 0 Å². The molecule has 21 heavy (non-hydrogen) atoms. The molecule has 3 heterocycles. The summed E-state index contributed by atoms with van der Waals surface area (Å²) in [5.74, 6) is 1.57. The van der Waals surface area contributed by atoms with Crippen molar-refractivity contribution in [1.82, 2.24) is 20.4 Å². The van der Waals surface area contributed by atoms with Crippen molar-refractivity contribution in [3.8, 4) is 0 Å². The van der Waals surface area contributed by atoms with E-state index in [4.69, 9.17) is 4.52 Å². The lowest BCUT2D eigenvalue weighted by molar-refractivity contribution is 0.105. The fraction of sp³-hybridized carbons (Fsp3) is 0.867. The van der Waals surface area contributed by atoms with Crippen molar-refractivity contribution in [2.24, 2.45) is 5.41 Å². The Labute approximate surface area is 133 Å². The molecule has 0 aromatic carbocycles. The summed E-state index contributed by atoms with van der Waals surface area (Å²) in [4.78, 5) is 7.05. The van der Waals surface area contributed by atoms with Gasteiger partial charge in [0, 0.05) is 18.5 Å². The summed E-state index contributed by atoms with van der Waals surface area (Å²) in [6, 6.07) is 0. The monoisotopic (exact) mass is 314 g/mol. The van der Waals surface area contributed by atoms with E-state index < -0.39 is 0 Å². The molecule has 5 nitrogen and oxygen atoms in total. The number of likely N-dealkylation sites (tertiary alicyclic amines) is 1. The van der Waals surface area contributed by atoms with Gasteiger partial charge in [0.1, 0.15) is 0 Å². The van der Waals surface area contributed by atoms with E-state index in [2.05, 4.69) is 34.2 Å². The number of nitrogens with one attached hydrogen (secondary N) is 1. The fourth-order valence-corrected chi connectivity index (χ4v) is 3.50. The summed E-state index contributed by atoms with van der Waals surface area (Å²) in [7, 11) is 0. The highest BCUT2D eigenvalue weighted by molar-refractivity contribution is 5.85. The molecule has 120 valence electrons. The lowest BCUT2D eigenvalue weighted by atomic mass is 9.79. The average Bonchev–Trinajstić information content (AvgIpc) is 3.02. The first-order chi connectivity index (χ1) is 9.49. The topological polar surface area (TPSA) is 54.2 Å². The minimum absolute atomic E-state index is 0. The Morgan fingerprint density at radius 1 is 1.24 bits per heavy atom. The standard InChI is InChI=1S/C15H26N4O.ClH/c1-12-17-13(20-18-12)15(3)5-8-19(9-6-15)11-14(2)4-7-16-10-14;/h16H,4-11H2,1-3H3;1H. The Hall–Kier alpha value is -0.650. The molecule has 2 aliphatic rings. The highest BCUT2D eigenvalue weighted by Crippen LogP contribution is 2.35. The number of hydrogen-bond donors (Lipinski definition) is 1. The first-order valence-electron chi connectivity index (χ1n) is 7.73. The number of hydrogen-bond acceptors (Lipinski definition) is 5. The molecule has 0 radical (unpaired) electrons. The molecule has 3 rings (SSSR count). The predicted octanol–water partition coefficient (Wildman–Crippen LogP) is 2.15. The van der Waals surface area contributed by atoms with Gasteiger partial charge in [-0.15, -0.1) is 12.4 Å². The normalized spacial score (nSPS) is 29.3. The van der Waals surface area contributed by atoms with Gasteiger partial charge in [-0.1, -0.05) is 19.0 Å². The lowest BCUT2D eigenvalue weighted by Gasteiger charge is -2.40. The first kappa shape index (κ1) is 16.7. The fourth-order valence-electron chi connectivity index (χ4n) is 3.50. The van der Waals surface area contributed by atoms with Crippen LogP contribution in [0.15, 0.2) is 4.52 Å². The largest absolute Gasteiger partial charge is 0.339 e. The van der Waals surface area contributed by atoms with Crippen LogP contribution in [0.5, 0.6) is 0 Å². The second-order valence-electron chi connectivity index (χ2n) is 7.22. The van der Waals surface area contributed by atoms with Gasteiger partial charge in [0.15, 0.2) is 5.82 Å². The summed E-state index contributed by atoms with van der Waals surface area (Å²) in [5.41, 5.74) is 0.515. The third kappa shape index (κ3) is 3.58. The van der Waals surface area contributed by atoms with Gasteiger partial charge in [0.25, 0.3) is 0 Å². The maximum Gasteiger partial charge on any atom is 0.232 e. The van der Waals surface area contributed by atoms with Crippen molar-refractivity contribution < 1.29 is 4.52 Å². The second kappa shape index (κ2) is 6.23. The number of nitrogens with zero attached hydrogens (tertiary/aromatic N) is 3. The van der Waals surface area contributed by atoms with Gasteiger partial charge in [-0.25, -0.2) is 0 Å². The Morgan fingerprint density at radius 2 is 1.95 bits per heavy atom. The number of piperidine rings is 1. The van der Waals surface area contributed by atoms with Crippen LogP contribution in [0.25, 0.3) is 0 Å². The van der Waals surface area contributed by atoms with E-state index in [0.29, 0.717) is 5.41 Å². The third-order valence-corrected chi connectivity index (χ3v) is 5.07. The molecule has 0 bridgehead atoms. The molecule has 1 aromatic heterocycles. The highest BCUT2D eigenvalue weighted by atomic mass is 35.5. The molecule has 0 aliphatic carbocycles. The van der Waals surface area contributed by atoms with Gasteiger partial charge in [0.05, 0.1) is 0 Å². The molecule has 2 fully saturated rings. The Kier molecular flexibility index (Phi) is 4.96. The van der Waals surface area contributed by atoms with Crippen molar-refractivity contribution in [1.29, 1.82) is 0 Å². The van der Waals surface area contributed by atoms with Gasteiger partial charge >= 0.3 is 0 Å². The van der Waals surface area contributed by atoms with Crippen molar-refractivity contribution in [3.05, 3.63) is 11.7 Å². The minimum atomic E-state index is 0. The number of rotatable bonds is 3. The number of halogens is 1. The van der Waals surface area contributed by atoms with Crippen molar-refractivity contribution in [2.75, 3.05) is 32.7 Å². The molecule has 0 amide bonds. The van der Waals surface area contributed by atoms with Gasteiger partial charge in [0.2, 0.25) is 5.89 Å². The summed E-state index contributed by atoms with van der Waals surface area (Å²) in [5, 5.41) is 7.43. The number of aryl methyl sites for hydroxylation is 1. The molecule has 1 N–H and O–H groups in total. The van der Waals surface area contributed by atoms with Crippen molar-refractivity contribution in [3.63, 3.8) is 0 Å². The molecular formula is C15H27ClN4O. The zero-order valence-corrected chi connectivity index (χ0v) is 14.1. The first-order valence-corrected chi connectivity index (χ1v) is 7.73. The lowest BCUT2D eigenvalue weighted by Crippen LogP contribution is -2.45. The van der Waals surface area contributed by atoms with Crippen LogP contribution < -0.4 is 5.32 Å². The molecule has 0 saturated carbocycles. The van der Waals surface area contributed by atoms with E-state index in [1.807, 2.05) is 6.92 Å². The maximum absolute atomic E-state index is 5.41. The number of aromatic nitrogens is 2. The Morgan fingerprint density at radius 3 is 2.48 bits per heavy atom. The van der Waals surface area contributed by atoms with Crippen molar-refractivity contribution in [2.45, 2.75) is 45.4 Å². The van der Waals surface area contributed by atoms with E-state index in [9.17, 15) is 0 Å². The van der Waals surface area contributed by atoms with E-state index in [1.165, 1.54) is 19.5 Å². The average molecular weight is 315 g/mol. The van der Waals surface area contributed by atoms with Crippen LogP contribution in [0.4, 0.5) is 0 Å². The summed E-state index contributed by atoms with van der Waals surface area (Å²) < 4.78 is 5.41. The molecular weight excluding hydrogens is 288 g/mol. The second-order valence-corrected chi connectivity index (χ2v) is 7.22. The van der Waals surface area contributed by atoms with Gasteiger partial charge < -0.3 is 14.7 Å². The quantitative estimate of drug-likeness (QED) is 0.926. The van der Waals surface area contributed by atoms with Crippen LogP contribution in [0.2, 0.25) is 0 Å². The van der Waals surface area contributed by atoms with E-state index in [-0.39, 0.29) is 17.8 Å². The minimum Gasteiger partial charge on any atom is -0.339 e.